The van der Waals surface area contributed by atoms with E-state index in [-0.39, 0.29) is 0 Å². The van der Waals surface area contributed by atoms with E-state index in [1.807, 2.05) is 0 Å². The summed E-state index contributed by atoms with van der Waals surface area (Å²) in [6.07, 6.45) is 0. The average molecular weight is 628 g/mol. The minimum Gasteiger partial charge on any atom is -0.281 e. The van der Waals surface area contributed by atoms with E-state index in [4.69, 9.17) is 4.55 Å². The van der Waals surface area contributed by atoms with Crippen molar-refractivity contribution in [3.8, 4) is 0 Å². The second-order valence-electron chi connectivity index (χ2n) is 6.44. The largest absolute Gasteiger partial charge is 0.438 e. The molecule has 0 aliphatic rings. The molecule has 0 aromatic heterocycles. The molecule has 0 atom stereocenters. The Morgan fingerprint density at radius 1 is 0.432 bits per heavy atom. The number of rotatable bonds is 11. The van der Waals surface area contributed by atoms with Crippen molar-refractivity contribution in [3.05, 3.63) is 0 Å². The molecule has 0 unspecified atom stereocenters. The third-order valence-corrected chi connectivity index (χ3v) is 5.00. The van der Waals surface area contributed by atoms with Crippen molar-refractivity contribution in [1.82, 2.24) is 0 Å². The standard InChI is InChI=1S/C11HF21O4S/c12-1(33)2(13,14)3(15,16)4(17,18)5(19,20)6(21,22)7(23,24)8(25,26)9(27,28)10(29,30)11(31,32)37(34,35)36/h(H,34,35,36). The van der Waals surface area contributed by atoms with Gasteiger partial charge in [0.05, 0.1) is 0 Å². The Balaban J connectivity index is 7.30. The molecule has 0 aliphatic heterocycles. The molecular formula is C11HF21O4S. The lowest BCUT2D eigenvalue weighted by atomic mass is 9.86. The summed E-state index contributed by atoms with van der Waals surface area (Å²) in [6.45, 7) is 0. The Kier molecular flexibility index (Phi) is 7.88. The highest BCUT2D eigenvalue weighted by Crippen LogP contribution is 2.66. The van der Waals surface area contributed by atoms with E-state index in [2.05, 4.69) is 0 Å². The highest BCUT2D eigenvalue weighted by atomic mass is 32.2. The Labute approximate surface area is 186 Å². The summed E-state index contributed by atoms with van der Waals surface area (Å²) in [5.74, 6) is -81.0. The van der Waals surface area contributed by atoms with Crippen LogP contribution in [0.1, 0.15) is 0 Å². The predicted octanol–water partition coefficient (Wildman–Crippen LogP) is 5.68. The van der Waals surface area contributed by atoms with Crippen LogP contribution in [0.15, 0.2) is 0 Å². The van der Waals surface area contributed by atoms with Crippen LogP contribution in [0.5, 0.6) is 0 Å². The first-order valence-electron chi connectivity index (χ1n) is 7.39. The molecular weight excluding hydrogens is 627 g/mol. The lowest BCUT2D eigenvalue weighted by Gasteiger charge is -2.44. The van der Waals surface area contributed by atoms with E-state index >= 15 is 0 Å². The van der Waals surface area contributed by atoms with Crippen LogP contribution in [0.3, 0.4) is 0 Å². The minimum atomic E-state index is -9.44. The second-order valence-corrected chi connectivity index (χ2v) is 7.90. The molecule has 0 aromatic rings. The lowest BCUT2D eigenvalue weighted by Crippen LogP contribution is -2.77. The molecule has 0 rings (SSSR count). The zero-order valence-electron chi connectivity index (χ0n) is 15.5. The van der Waals surface area contributed by atoms with Gasteiger partial charge in [0.25, 0.3) is 0 Å². The van der Waals surface area contributed by atoms with Crippen LogP contribution in [-0.4, -0.2) is 77.6 Å². The topological polar surface area (TPSA) is 71.4 Å². The van der Waals surface area contributed by atoms with Gasteiger partial charge in [0, 0.05) is 0 Å². The Bertz CT molecular complexity index is 1010. The van der Waals surface area contributed by atoms with E-state index in [0.29, 0.717) is 0 Å². The molecule has 0 amide bonds. The van der Waals surface area contributed by atoms with Crippen LogP contribution in [-0.2, 0) is 14.9 Å². The van der Waals surface area contributed by atoms with Crippen LogP contribution in [0, 0.1) is 0 Å². The van der Waals surface area contributed by atoms with E-state index in [9.17, 15) is 105 Å². The molecule has 222 valence electrons. The summed E-state index contributed by atoms with van der Waals surface area (Å²) in [5, 5.41) is -8.10. The molecule has 0 fully saturated rings. The van der Waals surface area contributed by atoms with Crippen molar-refractivity contribution in [2.75, 3.05) is 0 Å². The van der Waals surface area contributed by atoms with Crippen LogP contribution >= 0.6 is 0 Å². The maximum atomic E-state index is 13.4. The first kappa shape index (κ1) is 35.1. The summed E-state index contributed by atoms with van der Waals surface area (Å²) < 4.78 is 303. The molecule has 1 N–H and O–H groups in total. The van der Waals surface area contributed by atoms with Gasteiger partial charge in [0.15, 0.2) is 0 Å². The van der Waals surface area contributed by atoms with Gasteiger partial charge < -0.3 is 0 Å². The summed E-state index contributed by atoms with van der Waals surface area (Å²) in [4.78, 5) is 9.65. The highest BCUT2D eigenvalue weighted by Gasteiger charge is 2.98. The zero-order valence-corrected chi connectivity index (χ0v) is 16.3. The zero-order chi connectivity index (χ0) is 31.1. The number of hydrogen-bond donors (Lipinski definition) is 1. The van der Waals surface area contributed by atoms with E-state index in [1.54, 1.807) is 0 Å². The lowest BCUT2D eigenvalue weighted by molar-refractivity contribution is -0.465. The Morgan fingerprint density at radius 3 is 0.811 bits per heavy atom. The normalized spacial score (nSPS) is 16.7. The van der Waals surface area contributed by atoms with Gasteiger partial charge in [-0.15, -0.1) is 0 Å². The highest BCUT2D eigenvalue weighted by molar-refractivity contribution is 7.87. The second kappa shape index (κ2) is 8.30. The van der Waals surface area contributed by atoms with E-state index < -0.39 is 74.7 Å². The van der Waals surface area contributed by atoms with Crippen molar-refractivity contribution in [2.45, 2.75) is 58.6 Å². The third-order valence-electron chi connectivity index (χ3n) is 4.09. The van der Waals surface area contributed by atoms with Crippen molar-refractivity contribution in [1.29, 1.82) is 0 Å². The fourth-order valence-electron chi connectivity index (χ4n) is 1.85. The van der Waals surface area contributed by atoms with Crippen molar-refractivity contribution >= 4 is 16.2 Å². The van der Waals surface area contributed by atoms with Crippen molar-refractivity contribution in [3.63, 3.8) is 0 Å². The smallest absolute Gasteiger partial charge is 0.281 e. The fraction of sp³-hybridized carbons (Fsp3) is 0.909. The molecule has 0 aliphatic carbocycles. The van der Waals surface area contributed by atoms with Crippen LogP contribution in [0.2, 0.25) is 0 Å². The number of carbonyl (C=O) groups excluding carboxylic acids is 1. The Hall–Kier alpha value is -1.89. The number of halogens is 21. The van der Waals surface area contributed by atoms with Gasteiger partial charge in [0.2, 0.25) is 0 Å². The minimum absolute atomic E-state index is 5.09. The fourth-order valence-corrected chi connectivity index (χ4v) is 2.30. The van der Waals surface area contributed by atoms with Crippen LogP contribution in [0.25, 0.3) is 0 Å². The molecule has 0 saturated heterocycles. The van der Waals surface area contributed by atoms with E-state index in [0.717, 1.165) is 0 Å². The van der Waals surface area contributed by atoms with Crippen LogP contribution in [0.4, 0.5) is 92.2 Å². The number of hydrogen-bond acceptors (Lipinski definition) is 3. The number of carbonyl (C=O) groups is 1. The molecule has 0 radical (unpaired) electrons. The predicted molar refractivity (Wildman–Crippen MR) is 67.1 cm³/mol. The summed E-state index contributed by atoms with van der Waals surface area (Å²) in [5.41, 5.74) is 0. The molecule has 0 aromatic carbocycles. The van der Waals surface area contributed by atoms with Gasteiger partial charge in [-0.2, -0.15) is 101 Å². The van der Waals surface area contributed by atoms with Gasteiger partial charge >= 0.3 is 74.7 Å². The molecule has 37 heavy (non-hydrogen) atoms. The van der Waals surface area contributed by atoms with Gasteiger partial charge in [0.1, 0.15) is 0 Å². The summed E-state index contributed by atoms with van der Waals surface area (Å²) in [7, 11) is -8.13. The van der Waals surface area contributed by atoms with Gasteiger partial charge in [-0.3, -0.25) is 9.35 Å². The first-order chi connectivity index (χ1) is 15.4. The van der Waals surface area contributed by atoms with Gasteiger partial charge in [-0.1, -0.05) is 0 Å². The van der Waals surface area contributed by atoms with E-state index in [1.165, 1.54) is 0 Å². The molecule has 0 heterocycles. The average Bonchev–Trinajstić information content (AvgIpc) is 2.65. The molecule has 0 bridgehead atoms. The quantitative estimate of drug-likeness (QED) is 0.182. The SMILES string of the molecule is O=C(F)C(F)(F)C(F)(F)C(F)(F)C(F)(F)C(F)(F)C(F)(F)C(F)(F)C(F)(F)C(F)(F)C(F)(F)S(=O)(=O)O. The Morgan fingerprint density at radius 2 is 0.622 bits per heavy atom. The first-order valence-corrected chi connectivity index (χ1v) is 8.83. The van der Waals surface area contributed by atoms with Crippen molar-refractivity contribution < 1.29 is 110 Å². The summed E-state index contributed by atoms with van der Waals surface area (Å²) >= 11 is 0. The van der Waals surface area contributed by atoms with Gasteiger partial charge in [-0.25, -0.2) is 0 Å². The summed E-state index contributed by atoms with van der Waals surface area (Å²) in [6, 6.07) is -5.09. The van der Waals surface area contributed by atoms with Gasteiger partial charge in [-0.05, 0) is 0 Å². The monoisotopic (exact) mass is 628 g/mol. The molecule has 0 saturated carbocycles. The molecule has 4 nitrogen and oxygen atoms in total. The third kappa shape index (κ3) is 3.97. The maximum absolute atomic E-state index is 13.4. The number of alkyl halides is 20. The maximum Gasteiger partial charge on any atom is 0.438 e. The van der Waals surface area contributed by atoms with Crippen molar-refractivity contribution in [2.24, 2.45) is 0 Å². The molecule has 0 spiro atoms. The molecule has 26 heteroatoms. The van der Waals surface area contributed by atoms with Crippen LogP contribution < -0.4 is 0 Å².